The lowest BCUT2D eigenvalue weighted by molar-refractivity contribution is -0.135. The standard InChI is InChI=1S/C9H16O3/c1-6(10)5-9-8(11)4-3-7(2)12-9/h7-9,11H,3-5H2,1-2H3/t7-,8+,9-/m1/s1. The quantitative estimate of drug-likeness (QED) is 0.673. The van der Waals surface area contributed by atoms with E-state index in [-0.39, 0.29) is 18.0 Å². The van der Waals surface area contributed by atoms with Crippen LogP contribution < -0.4 is 0 Å². The summed E-state index contributed by atoms with van der Waals surface area (Å²) < 4.78 is 5.44. The van der Waals surface area contributed by atoms with Crippen LogP contribution in [0.3, 0.4) is 0 Å². The fraction of sp³-hybridized carbons (Fsp3) is 0.889. The van der Waals surface area contributed by atoms with Gasteiger partial charge in [0.1, 0.15) is 5.78 Å². The molecule has 12 heavy (non-hydrogen) atoms. The summed E-state index contributed by atoms with van der Waals surface area (Å²) in [4.78, 5) is 10.8. The van der Waals surface area contributed by atoms with Crippen molar-refractivity contribution in [3.8, 4) is 0 Å². The predicted molar refractivity (Wildman–Crippen MR) is 44.9 cm³/mol. The first kappa shape index (κ1) is 9.68. The minimum absolute atomic E-state index is 0.0770. The smallest absolute Gasteiger partial charge is 0.132 e. The van der Waals surface area contributed by atoms with Crippen LogP contribution in [0.15, 0.2) is 0 Å². The molecule has 1 saturated heterocycles. The lowest BCUT2D eigenvalue weighted by Gasteiger charge is -2.31. The van der Waals surface area contributed by atoms with Crippen LogP contribution in [0.2, 0.25) is 0 Å². The van der Waals surface area contributed by atoms with Crippen LogP contribution in [-0.2, 0) is 9.53 Å². The summed E-state index contributed by atoms with van der Waals surface area (Å²) in [5.41, 5.74) is 0. The molecule has 0 aromatic carbocycles. The molecule has 1 rings (SSSR count). The molecule has 1 fully saturated rings. The van der Waals surface area contributed by atoms with Crippen LogP contribution >= 0.6 is 0 Å². The van der Waals surface area contributed by atoms with E-state index in [9.17, 15) is 9.90 Å². The topological polar surface area (TPSA) is 46.5 Å². The maximum Gasteiger partial charge on any atom is 0.132 e. The molecule has 0 aromatic heterocycles. The molecule has 0 aliphatic carbocycles. The van der Waals surface area contributed by atoms with Gasteiger partial charge >= 0.3 is 0 Å². The highest BCUT2D eigenvalue weighted by Crippen LogP contribution is 2.21. The normalized spacial score (nSPS) is 36.4. The van der Waals surface area contributed by atoms with E-state index in [0.717, 1.165) is 12.8 Å². The van der Waals surface area contributed by atoms with Crippen molar-refractivity contribution in [1.29, 1.82) is 0 Å². The van der Waals surface area contributed by atoms with Gasteiger partial charge in [0.15, 0.2) is 0 Å². The number of hydrogen-bond donors (Lipinski definition) is 1. The Balaban J connectivity index is 2.43. The number of aliphatic hydroxyl groups excluding tert-OH is 1. The second kappa shape index (κ2) is 4.01. The molecular formula is C9H16O3. The van der Waals surface area contributed by atoms with Gasteiger partial charge in [-0.15, -0.1) is 0 Å². The molecule has 0 amide bonds. The van der Waals surface area contributed by atoms with Gasteiger partial charge in [0.05, 0.1) is 18.3 Å². The van der Waals surface area contributed by atoms with Crippen LogP contribution in [0.5, 0.6) is 0 Å². The third-order valence-corrected chi connectivity index (χ3v) is 2.19. The number of ether oxygens (including phenoxy) is 1. The minimum atomic E-state index is -0.454. The van der Waals surface area contributed by atoms with Crippen molar-refractivity contribution in [2.75, 3.05) is 0 Å². The molecule has 0 bridgehead atoms. The third kappa shape index (κ3) is 2.57. The molecule has 0 unspecified atom stereocenters. The Morgan fingerprint density at radius 2 is 2.25 bits per heavy atom. The Hall–Kier alpha value is -0.410. The van der Waals surface area contributed by atoms with Crippen LogP contribution in [-0.4, -0.2) is 29.2 Å². The van der Waals surface area contributed by atoms with Gasteiger partial charge in [-0.05, 0) is 26.7 Å². The highest BCUT2D eigenvalue weighted by molar-refractivity contribution is 5.76. The number of aliphatic hydroxyl groups is 1. The fourth-order valence-electron chi connectivity index (χ4n) is 1.52. The van der Waals surface area contributed by atoms with E-state index in [4.69, 9.17) is 4.74 Å². The van der Waals surface area contributed by atoms with E-state index in [2.05, 4.69) is 0 Å². The summed E-state index contributed by atoms with van der Waals surface area (Å²) in [6.07, 6.45) is 1.43. The van der Waals surface area contributed by atoms with Crippen LogP contribution in [0, 0.1) is 0 Å². The van der Waals surface area contributed by atoms with E-state index >= 15 is 0 Å². The number of Topliss-reactive ketones (excluding diaryl/α,β-unsaturated/α-hetero) is 1. The van der Waals surface area contributed by atoms with Crippen LogP contribution in [0.4, 0.5) is 0 Å². The summed E-state index contributed by atoms with van der Waals surface area (Å²) in [6, 6.07) is 0. The Labute approximate surface area is 72.7 Å². The molecule has 1 heterocycles. The summed E-state index contributed by atoms with van der Waals surface area (Å²) in [7, 11) is 0. The summed E-state index contributed by atoms with van der Waals surface area (Å²) in [6.45, 7) is 3.49. The molecule has 0 saturated carbocycles. The highest BCUT2D eigenvalue weighted by atomic mass is 16.5. The monoisotopic (exact) mass is 172 g/mol. The van der Waals surface area contributed by atoms with Crippen molar-refractivity contribution in [3.63, 3.8) is 0 Å². The van der Waals surface area contributed by atoms with Crippen LogP contribution in [0.1, 0.15) is 33.1 Å². The molecule has 0 spiro atoms. The van der Waals surface area contributed by atoms with Crippen molar-refractivity contribution >= 4 is 5.78 Å². The first-order chi connectivity index (χ1) is 5.59. The second-order valence-electron chi connectivity index (χ2n) is 3.54. The van der Waals surface area contributed by atoms with Crippen molar-refractivity contribution in [1.82, 2.24) is 0 Å². The number of carbonyl (C=O) groups is 1. The molecule has 0 radical (unpaired) electrons. The number of ketones is 1. The van der Waals surface area contributed by atoms with Gasteiger partial charge < -0.3 is 9.84 Å². The average Bonchev–Trinajstić information content (AvgIpc) is 1.96. The lowest BCUT2D eigenvalue weighted by Crippen LogP contribution is -2.38. The van der Waals surface area contributed by atoms with E-state index in [1.165, 1.54) is 6.92 Å². The van der Waals surface area contributed by atoms with E-state index in [1.54, 1.807) is 0 Å². The average molecular weight is 172 g/mol. The van der Waals surface area contributed by atoms with Gasteiger partial charge in [0, 0.05) is 6.42 Å². The first-order valence-corrected chi connectivity index (χ1v) is 4.42. The van der Waals surface area contributed by atoms with Gasteiger partial charge in [-0.25, -0.2) is 0 Å². The lowest BCUT2D eigenvalue weighted by atomic mass is 9.98. The maximum absolute atomic E-state index is 10.8. The molecule has 0 aromatic rings. The predicted octanol–water partition coefficient (Wildman–Crippen LogP) is 0.894. The Morgan fingerprint density at radius 3 is 2.83 bits per heavy atom. The second-order valence-corrected chi connectivity index (χ2v) is 3.54. The zero-order valence-electron chi connectivity index (χ0n) is 7.62. The zero-order chi connectivity index (χ0) is 9.14. The van der Waals surface area contributed by atoms with Gasteiger partial charge in [-0.2, -0.15) is 0 Å². The Bertz CT molecular complexity index is 167. The summed E-state index contributed by atoms with van der Waals surface area (Å²) in [5, 5.41) is 9.46. The summed E-state index contributed by atoms with van der Waals surface area (Å²) in [5.74, 6) is 0.0770. The van der Waals surface area contributed by atoms with E-state index in [0.29, 0.717) is 6.42 Å². The molecule has 3 nitrogen and oxygen atoms in total. The molecule has 1 aliphatic rings. The molecule has 3 heteroatoms. The van der Waals surface area contributed by atoms with E-state index in [1.807, 2.05) is 6.92 Å². The van der Waals surface area contributed by atoms with Gasteiger partial charge in [-0.1, -0.05) is 0 Å². The minimum Gasteiger partial charge on any atom is -0.390 e. The maximum atomic E-state index is 10.8. The van der Waals surface area contributed by atoms with Gasteiger partial charge in [0.2, 0.25) is 0 Å². The molecule has 3 atom stereocenters. The van der Waals surface area contributed by atoms with Crippen molar-refractivity contribution in [2.45, 2.75) is 51.4 Å². The number of hydrogen-bond acceptors (Lipinski definition) is 3. The van der Waals surface area contributed by atoms with Crippen LogP contribution in [0.25, 0.3) is 0 Å². The first-order valence-electron chi connectivity index (χ1n) is 4.42. The largest absolute Gasteiger partial charge is 0.390 e. The highest BCUT2D eigenvalue weighted by Gasteiger charge is 2.28. The van der Waals surface area contributed by atoms with Crippen molar-refractivity contribution in [3.05, 3.63) is 0 Å². The molecule has 1 N–H and O–H groups in total. The molecule has 1 aliphatic heterocycles. The van der Waals surface area contributed by atoms with Crippen molar-refractivity contribution < 1.29 is 14.6 Å². The zero-order valence-corrected chi connectivity index (χ0v) is 7.62. The molecular weight excluding hydrogens is 156 g/mol. The summed E-state index contributed by atoms with van der Waals surface area (Å²) >= 11 is 0. The Morgan fingerprint density at radius 1 is 1.58 bits per heavy atom. The van der Waals surface area contributed by atoms with E-state index < -0.39 is 6.10 Å². The van der Waals surface area contributed by atoms with Gasteiger partial charge in [0.25, 0.3) is 0 Å². The fourth-order valence-corrected chi connectivity index (χ4v) is 1.52. The van der Waals surface area contributed by atoms with Gasteiger partial charge in [-0.3, -0.25) is 4.79 Å². The Kier molecular flexibility index (Phi) is 3.23. The third-order valence-electron chi connectivity index (χ3n) is 2.19. The molecule has 70 valence electrons. The van der Waals surface area contributed by atoms with Crippen molar-refractivity contribution in [2.24, 2.45) is 0 Å². The number of rotatable bonds is 2. The number of carbonyl (C=O) groups excluding carboxylic acids is 1. The SMILES string of the molecule is CC(=O)C[C@H]1O[C@H](C)CC[C@@H]1O.